The molecule has 0 spiro atoms. The number of ether oxygens (including phenoxy) is 2. The normalized spacial score (nSPS) is 13.7. The predicted octanol–water partition coefficient (Wildman–Crippen LogP) is 2.87. The third-order valence-corrected chi connectivity index (χ3v) is 4.30. The zero-order valence-electron chi connectivity index (χ0n) is 15.2. The molecule has 1 aliphatic heterocycles. The molecule has 0 radical (unpaired) electrons. The Kier molecular flexibility index (Phi) is 5.59. The highest BCUT2D eigenvalue weighted by molar-refractivity contribution is 6.15. The van der Waals surface area contributed by atoms with Crippen LogP contribution in [0.15, 0.2) is 42.2 Å². The number of ketones is 1. The van der Waals surface area contributed by atoms with Crippen LogP contribution in [0.3, 0.4) is 0 Å². The maximum absolute atomic E-state index is 12.7. The number of Topliss-reactive ketones (excluding diaryl/α,β-unsaturated/α-hetero) is 1. The van der Waals surface area contributed by atoms with E-state index in [9.17, 15) is 9.90 Å². The summed E-state index contributed by atoms with van der Waals surface area (Å²) in [6.45, 7) is 0.136. The third-order valence-electron chi connectivity index (χ3n) is 4.30. The molecule has 7 nitrogen and oxygen atoms in total. The number of carbonyl (C=O) groups excluding carboxylic acids is 1. The van der Waals surface area contributed by atoms with Gasteiger partial charge in [-0.2, -0.15) is 10.5 Å². The zero-order valence-corrected chi connectivity index (χ0v) is 15.2. The molecule has 140 valence electrons. The number of phenolic OH excluding ortho intramolecular Hbond substituents is 1. The van der Waals surface area contributed by atoms with E-state index in [0.29, 0.717) is 16.9 Å². The van der Waals surface area contributed by atoms with Gasteiger partial charge >= 0.3 is 0 Å². The van der Waals surface area contributed by atoms with Crippen LogP contribution in [0, 0.1) is 22.7 Å². The summed E-state index contributed by atoms with van der Waals surface area (Å²) in [7, 11) is 1.57. The van der Waals surface area contributed by atoms with Crippen molar-refractivity contribution >= 4 is 11.9 Å². The van der Waals surface area contributed by atoms with Crippen molar-refractivity contribution in [3.8, 4) is 29.4 Å². The lowest BCUT2D eigenvalue weighted by Gasteiger charge is -2.17. The summed E-state index contributed by atoms with van der Waals surface area (Å²) < 4.78 is 10.9. The fourth-order valence-corrected chi connectivity index (χ4v) is 2.89. The lowest BCUT2D eigenvalue weighted by Crippen LogP contribution is -2.24. The van der Waals surface area contributed by atoms with Crippen LogP contribution in [0.1, 0.15) is 21.5 Å². The molecule has 28 heavy (non-hydrogen) atoms. The molecule has 0 aliphatic carbocycles. The summed E-state index contributed by atoms with van der Waals surface area (Å²) in [5.74, 6) is 0.744. The Morgan fingerprint density at radius 2 is 1.82 bits per heavy atom. The van der Waals surface area contributed by atoms with Gasteiger partial charge in [0.05, 0.1) is 43.5 Å². The smallest absolute Gasteiger partial charge is 0.231 e. The van der Waals surface area contributed by atoms with Crippen molar-refractivity contribution in [1.82, 2.24) is 4.90 Å². The quantitative estimate of drug-likeness (QED) is 0.611. The van der Waals surface area contributed by atoms with Gasteiger partial charge in [-0.3, -0.25) is 9.69 Å². The Bertz CT molecular complexity index is 998. The van der Waals surface area contributed by atoms with Crippen LogP contribution in [0.4, 0.5) is 0 Å². The highest BCUT2D eigenvalue weighted by atomic mass is 16.5. The van der Waals surface area contributed by atoms with Crippen molar-refractivity contribution in [1.29, 1.82) is 10.5 Å². The lowest BCUT2D eigenvalue weighted by atomic mass is 10.0. The lowest BCUT2D eigenvalue weighted by molar-refractivity contribution is 0.101. The molecule has 2 aromatic carbocycles. The molecular weight excluding hydrogens is 358 g/mol. The Balaban J connectivity index is 1.93. The summed E-state index contributed by atoms with van der Waals surface area (Å²) >= 11 is 0. The number of rotatable bonds is 6. The predicted molar refractivity (Wildman–Crippen MR) is 101 cm³/mol. The first kappa shape index (κ1) is 19.0. The first-order chi connectivity index (χ1) is 13.6. The number of allylic oxidation sites excluding steroid dienone is 1. The number of hydrogen-bond acceptors (Lipinski definition) is 7. The van der Waals surface area contributed by atoms with E-state index in [-0.39, 0.29) is 42.7 Å². The van der Waals surface area contributed by atoms with Crippen LogP contribution in [0.25, 0.3) is 6.08 Å². The molecule has 0 saturated heterocycles. The molecule has 0 saturated carbocycles. The van der Waals surface area contributed by atoms with Gasteiger partial charge in [-0.05, 0) is 35.9 Å². The number of phenols is 1. The molecule has 1 heterocycles. The molecular formula is C21H17N3O4. The van der Waals surface area contributed by atoms with Crippen LogP contribution in [-0.4, -0.2) is 36.0 Å². The molecule has 1 N–H and O–H groups in total. The highest BCUT2D eigenvalue weighted by Gasteiger charge is 2.31. The van der Waals surface area contributed by atoms with Gasteiger partial charge in [0.1, 0.15) is 17.2 Å². The van der Waals surface area contributed by atoms with Crippen molar-refractivity contribution in [2.45, 2.75) is 6.54 Å². The zero-order chi connectivity index (χ0) is 20.1. The molecule has 7 heteroatoms. The van der Waals surface area contributed by atoms with Crippen LogP contribution >= 0.6 is 0 Å². The number of carbonyl (C=O) groups is 1. The Labute approximate surface area is 162 Å². The van der Waals surface area contributed by atoms with Gasteiger partial charge in [0, 0.05) is 6.54 Å². The number of fused-ring (bicyclic) bond motifs is 1. The van der Waals surface area contributed by atoms with E-state index in [4.69, 9.17) is 20.0 Å². The Morgan fingerprint density at radius 3 is 2.43 bits per heavy atom. The first-order valence-electron chi connectivity index (χ1n) is 8.46. The molecule has 1 aliphatic rings. The van der Waals surface area contributed by atoms with Gasteiger partial charge in [0.15, 0.2) is 5.76 Å². The summed E-state index contributed by atoms with van der Waals surface area (Å²) in [6, 6.07) is 14.0. The highest BCUT2D eigenvalue weighted by Crippen LogP contribution is 2.40. The summed E-state index contributed by atoms with van der Waals surface area (Å²) in [4.78, 5) is 14.3. The van der Waals surface area contributed by atoms with Gasteiger partial charge in [-0.25, -0.2) is 0 Å². The molecule has 3 rings (SSSR count). The third kappa shape index (κ3) is 3.80. The molecule has 0 aromatic heterocycles. The maximum Gasteiger partial charge on any atom is 0.231 e. The standard InChI is InChI=1S/C21H17N3O4/c1-27-15-4-2-14(3-5-15)12-19-20(26)16-6-7-18(25)17(21(16)28-19)13-24(10-8-22)11-9-23/h2-7,12,25H,10-11,13H2,1H3/b19-12+. The van der Waals surface area contributed by atoms with Gasteiger partial charge in [0.25, 0.3) is 0 Å². The summed E-state index contributed by atoms with van der Waals surface area (Å²) in [6.07, 6.45) is 1.62. The number of aromatic hydroxyl groups is 1. The van der Waals surface area contributed by atoms with Crippen LogP contribution in [-0.2, 0) is 6.54 Å². The van der Waals surface area contributed by atoms with Crippen molar-refractivity contribution in [2.75, 3.05) is 20.2 Å². The van der Waals surface area contributed by atoms with E-state index >= 15 is 0 Å². The minimum atomic E-state index is -0.292. The minimum Gasteiger partial charge on any atom is -0.507 e. The van der Waals surface area contributed by atoms with E-state index < -0.39 is 0 Å². The summed E-state index contributed by atoms with van der Waals surface area (Å²) in [5.41, 5.74) is 1.47. The number of nitrogens with zero attached hydrogens (tertiary/aromatic N) is 3. The second-order valence-electron chi connectivity index (χ2n) is 6.11. The van der Waals surface area contributed by atoms with Crippen molar-refractivity contribution in [3.05, 3.63) is 58.8 Å². The van der Waals surface area contributed by atoms with Gasteiger partial charge < -0.3 is 14.6 Å². The van der Waals surface area contributed by atoms with Crippen molar-refractivity contribution < 1.29 is 19.4 Å². The maximum atomic E-state index is 12.7. The van der Waals surface area contributed by atoms with Crippen LogP contribution < -0.4 is 9.47 Å². The summed E-state index contributed by atoms with van der Waals surface area (Å²) in [5, 5.41) is 28.1. The van der Waals surface area contributed by atoms with E-state index in [2.05, 4.69) is 0 Å². The van der Waals surface area contributed by atoms with Crippen molar-refractivity contribution in [3.63, 3.8) is 0 Å². The van der Waals surface area contributed by atoms with Gasteiger partial charge in [0.2, 0.25) is 5.78 Å². The Hall–Kier alpha value is -3.81. The molecule has 0 amide bonds. The molecule has 0 unspecified atom stereocenters. The molecule has 2 aromatic rings. The van der Waals surface area contributed by atoms with Crippen LogP contribution in [0.2, 0.25) is 0 Å². The van der Waals surface area contributed by atoms with Gasteiger partial charge in [-0.1, -0.05) is 12.1 Å². The second kappa shape index (κ2) is 8.26. The molecule has 0 atom stereocenters. The molecule has 0 fully saturated rings. The minimum absolute atomic E-state index is 0.0131. The fourth-order valence-electron chi connectivity index (χ4n) is 2.89. The fraction of sp³-hybridized carbons (Fsp3) is 0.190. The average Bonchev–Trinajstić information content (AvgIpc) is 3.01. The SMILES string of the molecule is COc1ccc(/C=C2/Oc3c(ccc(O)c3CN(CC#N)CC#N)C2=O)cc1. The van der Waals surface area contributed by atoms with Crippen molar-refractivity contribution in [2.24, 2.45) is 0 Å². The number of methoxy groups -OCH3 is 1. The number of nitriles is 2. The van der Waals surface area contributed by atoms with E-state index in [1.807, 2.05) is 12.1 Å². The number of benzene rings is 2. The van der Waals surface area contributed by atoms with E-state index in [0.717, 1.165) is 5.56 Å². The van der Waals surface area contributed by atoms with E-state index in [1.165, 1.54) is 12.1 Å². The number of hydrogen-bond donors (Lipinski definition) is 1. The van der Waals surface area contributed by atoms with E-state index in [1.54, 1.807) is 42.4 Å². The second-order valence-corrected chi connectivity index (χ2v) is 6.11. The van der Waals surface area contributed by atoms with Crippen LogP contribution in [0.5, 0.6) is 17.2 Å². The molecule has 0 bridgehead atoms. The first-order valence-corrected chi connectivity index (χ1v) is 8.46. The Morgan fingerprint density at radius 1 is 1.14 bits per heavy atom. The largest absolute Gasteiger partial charge is 0.507 e. The van der Waals surface area contributed by atoms with Gasteiger partial charge in [-0.15, -0.1) is 0 Å². The monoisotopic (exact) mass is 375 g/mol. The topological polar surface area (TPSA) is 107 Å². The average molecular weight is 375 g/mol.